The van der Waals surface area contributed by atoms with Crippen molar-refractivity contribution in [3.05, 3.63) is 101 Å². The van der Waals surface area contributed by atoms with E-state index in [1.54, 1.807) is 48.5 Å². The molecule has 5 nitrogen and oxygen atoms in total. The lowest BCUT2D eigenvalue weighted by molar-refractivity contribution is -0.120. The fraction of sp³-hybridized carbons (Fsp3) is 0.0455. The Morgan fingerprint density at radius 1 is 0.964 bits per heavy atom. The molecule has 3 aromatic carbocycles. The molecule has 0 radical (unpaired) electrons. The van der Waals surface area contributed by atoms with Crippen LogP contribution in [0.15, 0.2) is 84.0 Å². The summed E-state index contributed by atoms with van der Waals surface area (Å²) in [6.45, 7) is 0. The lowest BCUT2D eigenvalue weighted by atomic mass is 10.1. The number of benzene rings is 3. The van der Waals surface area contributed by atoms with Gasteiger partial charge in [0.05, 0.1) is 23.2 Å². The van der Waals surface area contributed by atoms with Crippen molar-refractivity contribution in [3.8, 4) is 5.75 Å². The van der Waals surface area contributed by atoms with Crippen molar-refractivity contribution in [1.29, 1.82) is 0 Å². The molecule has 1 N–H and O–H groups in total. The third-order valence-corrected chi connectivity index (χ3v) is 4.10. The summed E-state index contributed by atoms with van der Waals surface area (Å²) in [6.07, 6.45) is 1.73. The molecule has 0 saturated carbocycles. The van der Waals surface area contributed by atoms with E-state index in [0.717, 1.165) is 5.56 Å². The van der Waals surface area contributed by atoms with Crippen molar-refractivity contribution in [3.63, 3.8) is 0 Å². The Balaban J connectivity index is 1.58. The average molecular weight is 393 g/mol. The number of esters is 1. The van der Waals surface area contributed by atoms with Gasteiger partial charge in [-0.05, 0) is 35.4 Å². The number of amides is 1. The van der Waals surface area contributed by atoms with Crippen molar-refractivity contribution < 1.29 is 14.3 Å². The number of nitrogens with one attached hydrogen (secondary N) is 1. The highest BCUT2D eigenvalue weighted by Crippen LogP contribution is 2.19. The summed E-state index contributed by atoms with van der Waals surface area (Å²) in [5, 5.41) is 4.27. The van der Waals surface area contributed by atoms with Gasteiger partial charge in [-0.25, -0.2) is 10.2 Å². The summed E-state index contributed by atoms with van der Waals surface area (Å²) < 4.78 is 5.36. The van der Waals surface area contributed by atoms with E-state index in [9.17, 15) is 9.59 Å². The third kappa shape index (κ3) is 5.53. The van der Waals surface area contributed by atoms with Crippen LogP contribution in [0.1, 0.15) is 21.5 Å². The summed E-state index contributed by atoms with van der Waals surface area (Å²) in [6, 6.07) is 22.9. The normalized spacial score (nSPS) is 10.6. The first kappa shape index (κ1) is 19.3. The summed E-state index contributed by atoms with van der Waals surface area (Å²) >= 11 is 6.01. The van der Waals surface area contributed by atoms with Crippen LogP contribution in [0.2, 0.25) is 5.02 Å². The number of nitrogens with zero attached hydrogens (tertiary/aromatic N) is 1. The molecule has 0 aliphatic heterocycles. The number of hydrogen-bond acceptors (Lipinski definition) is 4. The van der Waals surface area contributed by atoms with Gasteiger partial charge in [-0.15, -0.1) is 0 Å². The monoisotopic (exact) mass is 392 g/mol. The molecule has 0 spiro atoms. The Bertz CT molecular complexity index is 1000. The van der Waals surface area contributed by atoms with Gasteiger partial charge in [-0.1, -0.05) is 66.2 Å². The van der Waals surface area contributed by atoms with Crippen molar-refractivity contribution in [1.82, 2.24) is 5.43 Å². The van der Waals surface area contributed by atoms with Gasteiger partial charge in [0, 0.05) is 0 Å². The average Bonchev–Trinajstić information content (AvgIpc) is 2.69. The predicted octanol–water partition coefficient (Wildman–Crippen LogP) is 4.25. The fourth-order valence-electron chi connectivity index (χ4n) is 2.45. The predicted molar refractivity (Wildman–Crippen MR) is 109 cm³/mol. The van der Waals surface area contributed by atoms with Gasteiger partial charge in [0.25, 0.3) is 0 Å². The van der Waals surface area contributed by atoms with E-state index in [0.29, 0.717) is 16.3 Å². The van der Waals surface area contributed by atoms with Crippen LogP contribution in [0.3, 0.4) is 0 Å². The van der Waals surface area contributed by atoms with Gasteiger partial charge < -0.3 is 4.74 Å². The molecule has 0 heterocycles. The molecule has 0 atom stereocenters. The van der Waals surface area contributed by atoms with Gasteiger partial charge in [0.1, 0.15) is 5.75 Å². The molecule has 1 amide bonds. The van der Waals surface area contributed by atoms with Crippen molar-refractivity contribution in [2.75, 3.05) is 0 Å². The largest absolute Gasteiger partial charge is 0.423 e. The SMILES string of the molecule is O=C(Cc1ccccc1)N/N=C/c1cccc(OC(=O)c2ccccc2Cl)c1. The highest BCUT2D eigenvalue weighted by Gasteiger charge is 2.12. The van der Waals surface area contributed by atoms with Crippen LogP contribution < -0.4 is 10.2 Å². The Labute approximate surface area is 167 Å². The Kier molecular flexibility index (Phi) is 6.54. The maximum Gasteiger partial charge on any atom is 0.345 e. The van der Waals surface area contributed by atoms with Crippen LogP contribution >= 0.6 is 11.6 Å². The zero-order valence-electron chi connectivity index (χ0n) is 14.8. The number of carbonyl (C=O) groups excluding carboxylic acids is 2. The van der Waals surface area contributed by atoms with E-state index in [1.807, 2.05) is 30.3 Å². The second kappa shape index (κ2) is 9.48. The Hall–Kier alpha value is -3.44. The fourth-order valence-corrected chi connectivity index (χ4v) is 2.66. The molecular weight excluding hydrogens is 376 g/mol. The van der Waals surface area contributed by atoms with E-state index in [4.69, 9.17) is 16.3 Å². The van der Waals surface area contributed by atoms with E-state index < -0.39 is 5.97 Å². The maximum atomic E-state index is 12.2. The summed E-state index contributed by atoms with van der Waals surface area (Å²) in [7, 11) is 0. The van der Waals surface area contributed by atoms with Gasteiger partial charge in [-0.2, -0.15) is 5.10 Å². The minimum absolute atomic E-state index is 0.219. The molecule has 3 aromatic rings. The number of rotatable bonds is 6. The summed E-state index contributed by atoms with van der Waals surface area (Å²) in [4.78, 5) is 24.1. The molecule has 0 unspecified atom stereocenters. The van der Waals surface area contributed by atoms with Crippen LogP contribution in [0, 0.1) is 0 Å². The van der Waals surface area contributed by atoms with Crippen molar-refractivity contribution in [2.24, 2.45) is 5.10 Å². The van der Waals surface area contributed by atoms with Gasteiger partial charge >= 0.3 is 5.97 Å². The molecular formula is C22H17ClN2O3. The van der Waals surface area contributed by atoms with Gasteiger partial charge in [0.15, 0.2) is 0 Å². The second-order valence-electron chi connectivity index (χ2n) is 5.90. The lowest BCUT2D eigenvalue weighted by Crippen LogP contribution is -2.19. The quantitative estimate of drug-likeness (QED) is 0.295. The first-order chi connectivity index (χ1) is 13.6. The highest BCUT2D eigenvalue weighted by molar-refractivity contribution is 6.33. The van der Waals surface area contributed by atoms with Gasteiger partial charge in [-0.3, -0.25) is 4.79 Å². The van der Waals surface area contributed by atoms with Gasteiger partial charge in [0.2, 0.25) is 5.91 Å². The van der Waals surface area contributed by atoms with Crippen LogP contribution in [0.25, 0.3) is 0 Å². The molecule has 0 aromatic heterocycles. The Morgan fingerprint density at radius 2 is 1.71 bits per heavy atom. The summed E-state index contributed by atoms with van der Waals surface area (Å²) in [5.74, 6) is -0.413. The molecule has 0 fully saturated rings. The summed E-state index contributed by atoms with van der Waals surface area (Å²) in [5.41, 5.74) is 4.34. The van der Waals surface area contributed by atoms with Crippen molar-refractivity contribution >= 4 is 29.7 Å². The highest BCUT2D eigenvalue weighted by atomic mass is 35.5. The van der Waals surface area contributed by atoms with E-state index in [1.165, 1.54) is 6.21 Å². The Morgan fingerprint density at radius 3 is 2.50 bits per heavy atom. The maximum absolute atomic E-state index is 12.2. The van der Waals surface area contributed by atoms with Crippen LogP contribution in [0.4, 0.5) is 0 Å². The number of halogens is 1. The lowest BCUT2D eigenvalue weighted by Gasteiger charge is -2.06. The molecule has 0 aliphatic carbocycles. The smallest absolute Gasteiger partial charge is 0.345 e. The molecule has 28 heavy (non-hydrogen) atoms. The number of hydrogen-bond donors (Lipinski definition) is 1. The number of hydrazone groups is 1. The molecule has 140 valence electrons. The topological polar surface area (TPSA) is 67.8 Å². The number of carbonyl (C=O) groups is 2. The minimum atomic E-state index is -0.546. The van der Waals surface area contributed by atoms with Crippen LogP contribution in [-0.2, 0) is 11.2 Å². The third-order valence-electron chi connectivity index (χ3n) is 3.77. The first-order valence-corrected chi connectivity index (χ1v) is 8.92. The standard InChI is InChI=1S/C22H17ClN2O3/c23-20-12-5-4-11-19(20)22(27)28-18-10-6-9-17(13-18)15-24-25-21(26)14-16-7-2-1-3-8-16/h1-13,15H,14H2,(H,25,26)/b24-15+. The van der Waals surface area contributed by atoms with Crippen molar-refractivity contribution in [2.45, 2.75) is 6.42 Å². The zero-order valence-corrected chi connectivity index (χ0v) is 15.6. The zero-order chi connectivity index (χ0) is 19.8. The number of ether oxygens (including phenoxy) is 1. The molecule has 0 aliphatic rings. The van der Waals surface area contributed by atoms with E-state index >= 15 is 0 Å². The van der Waals surface area contributed by atoms with Crippen LogP contribution in [-0.4, -0.2) is 18.1 Å². The second-order valence-corrected chi connectivity index (χ2v) is 6.30. The molecule has 0 bridgehead atoms. The molecule has 6 heteroatoms. The van der Waals surface area contributed by atoms with Crippen LogP contribution in [0.5, 0.6) is 5.75 Å². The first-order valence-electron chi connectivity index (χ1n) is 8.54. The van der Waals surface area contributed by atoms with E-state index in [2.05, 4.69) is 10.5 Å². The van der Waals surface area contributed by atoms with E-state index in [-0.39, 0.29) is 17.9 Å². The molecule has 3 rings (SSSR count). The molecule has 0 saturated heterocycles. The minimum Gasteiger partial charge on any atom is -0.423 e.